The fourth-order valence-electron chi connectivity index (χ4n) is 2.91. The van der Waals surface area contributed by atoms with Crippen LogP contribution in [0.4, 0.5) is 17.6 Å². The summed E-state index contributed by atoms with van der Waals surface area (Å²) in [5.74, 6) is 6.90. The molecule has 2 aliphatic heterocycles. The average molecular weight is 263 g/mol. The van der Waals surface area contributed by atoms with Crippen molar-refractivity contribution in [3.05, 3.63) is 6.07 Å². The topological polar surface area (TPSA) is 122 Å². The van der Waals surface area contributed by atoms with Crippen LogP contribution < -0.4 is 27.2 Å². The van der Waals surface area contributed by atoms with E-state index < -0.39 is 0 Å². The quantitative estimate of drug-likeness (QED) is 0.401. The molecule has 2 fully saturated rings. The number of aromatic nitrogens is 2. The third-order valence-electron chi connectivity index (χ3n) is 3.77. The Bertz CT molecular complexity index is 506. The maximum absolute atomic E-state index is 11.7. The monoisotopic (exact) mass is 263 g/mol. The van der Waals surface area contributed by atoms with Gasteiger partial charge in [0, 0.05) is 19.2 Å². The van der Waals surface area contributed by atoms with Gasteiger partial charge in [-0.25, -0.2) is 5.84 Å². The molecule has 2 unspecified atom stereocenters. The Kier molecular flexibility index (Phi) is 2.86. The lowest BCUT2D eigenvalue weighted by Gasteiger charge is -2.36. The molecule has 2 aliphatic rings. The SMILES string of the molecule is NNc1cc(N2CCCC3C(=O)NCC32)nc(N)n1. The van der Waals surface area contributed by atoms with Crippen LogP contribution in [0, 0.1) is 5.92 Å². The number of carbonyl (C=O) groups is 1. The summed E-state index contributed by atoms with van der Waals surface area (Å²) >= 11 is 0. The maximum Gasteiger partial charge on any atom is 0.225 e. The Morgan fingerprint density at radius 1 is 1.47 bits per heavy atom. The van der Waals surface area contributed by atoms with Crippen molar-refractivity contribution in [3.63, 3.8) is 0 Å². The number of fused-ring (bicyclic) bond motifs is 1. The summed E-state index contributed by atoms with van der Waals surface area (Å²) < 4.78 is 0. The van der Waals surface area contributed by atoms with Crippen molar-refractivity contribution >= 4 is 23.5 Å². The van der Waals surface area contributed by atoms with Crippen LogP contribution in [0.5, 0.6) is 0 Å². The number of nitrogens with zero attached hydrogens (tertiary/aromatic N) is 3. The second-order valence-corrected chi connectivity index (χ2v) is 4.87. The van der Waals surface area contributed by atoms with Gasteiger partial charge < -0.3 is 21.4 Å². The fraction of sp³-hybridized carbons (Fsp3) is 0.545. The van der Waals surface area contributed by atoms with Crippen molar-refractivity contribution in [3.8, 4) is 0 Å². The molecule has 2 atom stereocenters. The van der Waals surface area contributed by atoms with Crippen LogP contribution in [0.25, 0.3) is 0 Å². The highest BCUT2D eigenvalue weighted by molar-refractivity contribution is 5.83. The lowest BCUT2D eigenvalue weighted by atomic mass is 9.91. The van der Waals surface area contributed by atoms with E-state index in [4.69, 9.17) is 11.6 Å². The molecule has 2 saturated heterocycles. The molecule has 1 amide bonds. The highest BCUT2D eigenvalue weighted by Gasteiger charge is 2.41. The third kappa shape index (κ3) is 2.03. The third-order valence-corrected chi connectivity index (χ3v) is 3.77. The Morgan fingerprint density at radius 3 is 3.11 bits per heavy atom. The molecule has 1 aromatic heterocycles. The summed E-state index contributed by atoms with van der Waals surface area (Å²) in [6.07, 6.45) is 1.89. The van der Waals surface area contributed by atoms with Gasteiger partial charge in [-0.2, -0.15) is 9.97 Å². The first-order chi connectivity index (χ1) is 9.19. The van der Waals surface area contributed by atoms with Crippen molar-refractivity contribution in [1.29, 1.82) is 0 Å². The Labute approximate surface area is 110 Å². The summed E-state index contributed by atoms with van der Waals surface area (Å²) in [6, 6.07) is 1.89. The van der Waals surface area contributed by atoms with Crippen LogP contribution in [-0.2, 0) is 4.79 Å². The number of hydrazine groups is 1. The minimum absolute atomic E-state index is 0.0409. The Hall–Kier alpha value is -2.09. The number of nitrogens with one attached hydrogen (secondary N) is 2. The standard InChI is InChI=1S/C11H17N7O/c12-11-15-8(17-13)4-9(16-11)18-3-1-2-6-7(18)5-14-10(6)19/h4,6-7H,1-3,5,13H2,(H,14,19)(H3,12,15,16,17). The van der Waals surface area contributed by atoms with E-state index in [0.717, 1.165) is 19.4 Å². The van der Waals surface area contributed by atoms with Crippen molar-refractivity contribution < 1.29 is 4.79 Å². The molecule has 3 rings (SSSR count). The number of piperidine rings is 1. The summed E-state index contributed by atoms with van der Waals surface area (Å²) in [4.78, 5) is 22.1. The molecule has 102 valence electrons. The van der Waals surface area contributed by atoms with Gasteiger partial charge in [-0.3, -0.25) is 4.79 Å². The van der Waals surface area contributed by atoms with Crippen LogP contribution in [0.15, 0.2) is 6.07 Å². The van der Waals surface area contributed by atoms with E-state index in [1.807, 2.05) is 0 Å². The first kappa shape index (κ1) is 12.0. The van der Waals surface area contributed by atoms with Crippen molar-refractivity contribution in [1.82, 2.24) is 15.3 Å². The zero-order chi connectivity index (χ0) is 13.4. The Balaban J connectivity index is 1.92. The molecule has 6 N–H and O–H groups in total. The van der Waals surface area contributed by atoms with E-state index in [1.54, 1.807) is 6.07 Å². The number of hydrogen-bond donors (Lipinski definition) is 4. The number of carbonyl (C=O) groups excluding carboxylic acids is 1. The molecule has 8 nitrogen and oxygen atoms in total. The first-order valence-electron chi connectivity index (χ1n) is 6.34. The van der Waals surface area contributed by atoms with Gasteiger partial charge in [-0.05, 0) is 12.8 Å². The van der Waals surface area contributed by atoms with E-state index in [2.05, 4.69) is 25.6 Å². The zero-order valence-corrected chi connectivity index (χ0v) is 10.5. The second kappa shape index (κ2) is 4.54. The van der Waals surface area contributed by atoms with Gasteiger partial charge in [0.25, 0.3) is 0 Å². The van der Waals surface area contributed by atoms with Gasteiger partial charge in [0.05, 0.1) is 12.0 Å². The minimum atomic E-state index is 0.0409. The van der Waals surface area contributed by atoms with Gasteiger partial charge in [0.1, 0.15) is 11.6 Å². The molecule has 0 spiro atoms. The summed E-state index contributed by atoms with van der Waals surface area (Å²) in [5, 5.41) is 2.91. The van der Waals surface area contributed by atoms with E-state index in [1.165, 1.54) is 0 Å². The molecule has 0 aromatic carbocycles. The lowest BCUT2D eigenvalue weighted by Crippen LogP contribution is -2.46. The van der Waals surface area contributed by atoms with Gasteiger partial charge >= 0.3 is 0 Å². The number of hydrogen-bond acceptors (Lipinski definition) is 7. The molecule has 0 aliphatic carbocycles. The van der Waals surface area contributed by atoms with Gasteiger partial charge in [0.15, 0.2) is 0 Å². The van der Waals surface area contributed by atoms with Gasteiger partial charge in [-0.15, -0.1) is 0 Å². The first-order valence-corrected chi connectivity index (χ1v) is 6.34. The highest BCUT2D eigenvalue weighted by atomic mass is 16.2. The van der Waals surface area contributed by atoms with E-state index in [0.29, 0.717) is 18.2 Å². The molecule has 19 heavy (non-hydrogen) atoms. The zero-order valence-electron chi connectivity index (χ0n) is 10.5. The van der Waals surface area contributed by atoms with Crippen LogP contribution in [-0.4, -0.2) is 35.0 Å². The van der Waals surface area contributed by atoms with Crippen LogP contribution in [0.1, 0.15) is 12.8 Å². The normalized spacial score (nSPS) is 25.9. The predicted octanol–water partition coefficient (Wildman–Crippen LogP) is -0.941. The number of nitrogens with two attached hydrogens (primary N) is 2. The van der Waals surface area contributed by atoms with Crippen molar-refractivity contribution in [2.45, 2.75) is 18.9 Å². The van der Waals surface area contributed by atoms with E-state index in [-0.39, 0.29) is 23.8 Å². The van der Waals surface area contributed by atoms with Crippen LogP contribution in [0.2, 0.25) is 0 Å². The largest absolute Gasteiger partial charge is 0.368 e. The van der Waals surface area contributed by atoms with E-state index in [9.17, 15) is 4.79 Å². The smallest absolute Gasteiger partial charge is 0.225 e. The molecule has 0 saturated carbocycles. The molecule has 0 bridgehead atoms. The summed E-state index contributed by atoms with van der Waals surface area (Å²) in [6.45, 7) is 1.51. The molecular weight excluding hydrogens is 246 g/mol. The number of amides is 1. The van der Waals surface area contributed by atoms with Crippen LogP contribution in [0.3, 0.4) is 0 Å². The highest BCUT2D eigenvalue weighted by Crippen LogP contribution is 2.31. The molecule has 8 heteroatoms. The van der Waals surface area contributed by atoms with Gasteiger partial charge in [0.2, 0.25) is 11.9 Å². The van der Waals surface area contributed by atoms with Crippen molar-refractivity contribution in [2.75, 3.05) is 29.1 Å². The fourth-order valence-corrected chi connectivity index (χ4v) is 2.91. The molecule has 0 radical (unpaired) electrons. The molecule has 1 aromatic rings. The van der Waals surface area contributed by atoms with E-state index >= 15 is 0 Å². The minimum Gasteiger partial charge on any atom is -0.368 e. The molecular formula is C11H17N7O. The maximum atomic E-state index is 11.7. The second-order valence-electron chi connectivity index (χ2n) is 4.87. The lowest BCUT2D eigenvalue weighted by molar-refractivity contribution is -0.122. The molecule has 3 heterocycles. The summed E-state index contributed by atoms with van der Waals surface area (Å²) in [7, 11) is 0. The number of anilines is 3. The number of rotatable bonds is 2. The Morgan fingerprint density at radius 2 is 2.32 bits per heavy atom. The van der Waals surface area contributed by atoms with Gasteiger partial charge in [-0.1, -0.05) is 0 Å². The predicted molar refractivity (Wildman–Crippen MR) is 71.1 cm³/mol. The average Bonchev–Trinajstić information content (AvgIpc) is 2.80. The number of nitrogen functional groups attached to an aromatic ring is 2. The summed E-state index contributed by atoms with van der Waals surface area (Å²) in [5.41, 5.74) is 8.15. The van der Waals surface area contributed by atoms with Crippen molar-refractivity contribution in [2.24, 2.45) is 11.8 Å². The van der Waals surface area contributed by atoms with Crippen LogP contribution >= 0.6 is 0 Å².